The Morgan fingerprint density at radius 2 is 2.27 bits per heavy atom. The molecule has 0 spiro atoms. The second-order valence-electron chi connectivity index (χ2n) is 6.67. The number of aromatic nitrogens is 2. The lowest BCUT2D eigenvalue weighted by atomic mass is 10.1. The fourth-order valence-corrected chi connectivity index (χ4v) is 2.68. The van der Waals surface area contributed by atoms with Crippen LogP contribution in [0.5, 0.6) is 0 Å². The van der Waals surface area contributed by atoms with E-state index >= 15 is 0 Å². The Labute approximate surface area is 129 Å². The van der Waals surface area contributed by atoms with Crippen molar-refractivity contribution in [1.29, 1.82) is 0 Å². The zero-order valence-corrected chi connectivity index (χ0v) is 13.1. The van der Waals surface area contributed by atoms with Crippen molar-refractivity contribution in [2.24, 2.45) is 0 Å². The van der Waals surface area contributed by atoms with Gasteiger partial charge in [0.05, 0.1) is 11.0 Å². The molecule has 0 fully saturated rings. The van der Waals surface area contributed by atoms with Gasteiger partial charge in [0.1, 0.15) is 6.10 Å². The van der Waals surface area contributed by atoms with Gasteiger partial charge in [-0.3, -0.25) is 4.98 Å². The van der Waals surface area contributed by atoms with Gasteiger partial charge >= 0.3 is 6.09 Å². The van der Waals surface area contributed by atoms with Gasteiger partial charge in [0.2, 0.25) is 0 Å². The first-order chi connectivity index (χ1) is 10.4. The zero-order chi connectivity index (χ0) is 15.7. The molecule has 1 unspecified atom stereocenters. The highest BCUT2D eigenvalue weighted by atomic mass is 16.6. The van der Waals surface area contributed by atoms with Crippen LogP contribution in [-0.2, 0) is 4.74 Å². The number of pyridine rings is 1. The number of alkyl carbamates (subject to hydrolysis) is 1. The SMILES string of the molecule is CC(C)(C)NC(=O)OC1CC=C(c2c[nH]c3cccnc23)C1. The van der Waals surface area contributed by atoms with Crippen molar-refractivity contribution in [3.8, 4) is 0 Å². The van der Waals surface area contributed by atoms with Gasteiger partial charge in [-0.15, -0.1) is 0 Å². The molecule has 0 saturated heterocycles. The van der Waals surface area contributed by atoms with E-state index in [4.69, 9.17) is 4.74 Å². The average molecular weight is 299 g/mol. The van der Waals surface area contributed by atoms with Crippen LogP contribution in [0, 0.1) is 0 Å². The number of nitrogens with one attached hydrogen (secondary N) is 2. The molecule has 2 aromatic rings. The van der Waals surface area contributed by atoms with E-state index < -0.39 is 0 Å². The fourth-order valence-electron chi connectivity index (χ4n) is 2.68. The number of carbonyl (C=O) groups is 1. The highest BCUT2D eigenvalue weighted by molar-refractivity contribution is 5.90. The average Bonchev–Trinajstić information content (AvgIpc) is 3.02. The van der Waals surface area contributed by atoms with Crippen LogP contribution < -0.4 is 5.32 Å². The molecular formula is C17H21N3O2. The van der Waals surface area contributed by atoms with Crippen molar-refractivity contribution >= 4 is 22.7 Å². The standard InChI is InChI=1S/C17H21N3O2/c1-17(2,3)20-16(21)22-12-7-6-11(9-12)13-10-19-14-5-4-8-18-15(13)14/h4-6,8,10,12,19H,7,9H2,1-3H3,(H,20,21). The molecule has 0 radical (unpaired) electrons. The lowest BCUT2D eigenvalue weighted by Gasteiger charge is -2.22. The maximum Gasteiger partial charge on any atom is 0.407 e. The Kier molecular flexibility index (Phi) is 3.64. The van der Waals surface area contributed by atoms with Gasteiger partial charge in [-0.1, -0.05) is 6.08 Å². The molecule has 22 heavy (non-hydrogen) atoms. The summed E-state index contributed by atoms with van der Waals surface area (Å²) < 4.78 is 5.49. The highest BCUT2D eigenvalue weighted by Gasteiger charge is 2.25. The third kappa shape index (κ3) is 3.13. The van der Waals surface area contributed by atoms with Crippen molar-refractivity contribution < 1.29 is 9.53 Å². The molecule has 1 aliphatic carbocycles. The molecule has 116 valence electrons. The summed E-state index contributed by atoms with van der Waals surface area (Å²) in [7, 11) is 0. The smallest absolute Gasteiger partial charge is 0.407 e. The van der Waals surface area contributed by atoms with Gasteiger partial charge < -0.3 is 15.0 Å². The van der Waals surface area contributed by atoms with E-state index in [2.05, 4.69) is 21.4 Å². The predicted octanol–water partition coefficient (Wildman–Crippen LogP) is 3.63. The Morgan fingerprint density at radius 1 is 1.45 bits per heavy atom. The van der Waals surface area contributed by atoms with Crippen molar-refractivity contribution in [1.82, 2.24) is 15.3 Å². The predicted molar refractivity (Wildman–Crippen MR) is 86.5 cm³/mol. The number of rotatable bonds is 2. The molecule has 2 aromatic heterocycles. The van der Waals surface area contributed by atoms with Crippen LogP contribution in [0.2, 0.25) is 0 Å². The highest BCUT2D eigenvalue weighted by Crippen LogP contribution is 2.33. The normalized spacial score (nSPS) is 18.3. The first-order valence-electron chi connectivity index (χ1n) is 7.53. The van der Waals surface area contributed by atoms with Crippen LogP contribution in [0.25, 0.3) is 16.6 Å². The van der Waals surface area contributed by atoms with Gasteiger partial charge in [-0.25, -0.2) is 4.79 Å². The molecule has 0 aromatic carbocycles. The zero-order valence-electron chi connectivity index (χ0n) is 13.1. The van der Waals surface area contributed by atoms with E-state index in [1.54, 1.807) is 6.20 Å². The first kappa shape index (κ1) is 14.6. The Bertz CT molecular complexity index is 725. The minimum absolute atomic E-state index is 0.106. The van der Waals surface area contributed by atoms with Crippen molar-refractivity contribution in [2.45, 2.75) is 45.3 Å². The van der Waals surface area contributed by atoms with E-state index in [-0.39, 0.29) is 17.7 Å². The number of ether oxygens (including phenoxy) is 1. The van der Waals surface area contributed by atoms with Gasteiger partial charge in [0, 0.05) is 36.3 Å². The van der Waals surface area contributed by atoms with E-state index in [0.29, 0.717) is 0 Å². The van der Waals surface area contributed by atoms with Crippen LogP contribution >= 0.6 is 0 Å². The van der Waals surface area contributed by atoms with Crippen LogP contribution in [0.3, 0.4) is 0 Å². The van der Waals surface area contributed by atoms with E-state index in [1.165, 1.54) is 5.57 Å². The quantitative estimate of drug-likeness (QED) is 0.889. The molecule has 1 atom stereocenters. The number of aromatic amines is 1. The summed E-state index contributed by atoms with van der Waals surface area (Å²) in [4.78, 5) is 19.5. The summed E-state index contributed by atoms with van der Waals surface area (Å²) in [5.74, 6) is 0. The Morgan fingerprint density at radius 3 is 3.05 bits per heavy atom. The molecule has 5 nitrogen and oxygen atoms in total. The first-order valence-corrected chi connectivity index (χ1v) is 7.53. The van der Waals surface area contributed by atoms with Gasteiger partial charge in [0.15, 0.2) is 0 Å². The third-order valence-electron chi connectivity index (χ3n) is 3.61. The Balaban J connectivity index is 1.66. The lowest BCUT2D eigenvalue weighted by molar-refractivity contribution is 0.0979. The molecule has 0 bridgehead atoms. The van der Waals surface area contributed by atoms with Gasteiger partial charge in [-0.2, -0.15) is 0 Å². The molecule has 2 N–H and O–H groups in total. The van der Waals surface area contributed by atoms with Crippen molar-refractivity contribution in [2.75, 3.05) is 0 Å². The van der Waals surface area contributed by atoms with Crippen molar-refractivity contribution in [3.63, 3.8) is 0 Å². The molecule has 0 saturated carbocycles. The Hall–Kier alpha value is -2.30. The second-order valence-corrected chi connectivity index (χ2v) is 6.67. The summed E-state index contributed by atoms with van der Waals surface area (Å²) in [5, 5.41) is 2.82. The van der Waals surface area contributed by atoms with Gasteiger partial charge in [-0.05, 0) is 38.5 Å². The minimum atomic E-state index is -0.357. The summed E-state index contributed by atoms with van der Waals surface area (Å²) in [5.41, 5.74) is 3.98. The molecular weight excluding hydrogens is 278 g/mol. The fraction of sp³-hybridized carbons (Fsp3) is 0.412. The minimum Gasteiger partial charge on any atom is -0.446 e. The van der Waals surface area contributed by atoms with E-state index in [0.717, 1.165) is 29.4 Å². The number of carbonyl (C=O) groups excluding carboxylic acids is 1. The molecule has 0 aliphatic heterocycles. The number of fused-ring (bicyclic) bond motifs is 1. The number of hydrogen-bond donors (Lipinski definition) is 2. The largest absolute Gasteiger partial charge is 0.446 e. The number of hydrogen-bond acceptors (Lipinski definition) is 3. The maximum absolute atomic E-state index is 11.8. The molecule has 3 rings (SSSR count). The monoisotopic (exact) mass is 299 g/mol. The molecule has 1 aliphatic rings. The van der Waals surface area contributed by atoms with Crippen molar-refractivity contribution in [3.05, 3.63) is 36.2 Å². The maximum atomic E-state index is 11.8. The van der Waals surface area contributed by atoms with Crippen LogP contribution in [0.4, 0.5) is 4.79 Å². The lowest BCUT2D eigenvalue weighted by Crippen LogP contribution is -2.42. The molecule has 5 heteroatoms. The molecule has 2 heterocycles. The number of nitrogens with zero attached hydrogens (tertiary/aromatic N) is 1. The van der Waals surface area contributed by atoms with E-state index in [9.17, 15) is 4.79 Å². The van der Waals surface area contributed by atoms with Crippen LogP contribution in [0.1, 0.15) is 39.2 Å². The molecule has 1 amide bonds. The summed E-state index contributed by atoms with van der Waals surface area (Å²) in [6.45, 7) is 5.80. The third-order valence-corrected chi connectivity index (χ3v) is 3.61. The second kappa shape index (κ2) is 5.48. The summed E-state index contributed by atoms with van der Waals surface area (Å²) in [6.07, 6.45) is 6.90. The summed E-state index contributed by atoms with van der Waals surface area (Å²) in [6, 6.07) is 3.92. The van der Waals surface area contributed by atoms with E-state index in [1.807, 2.05) is 39.1 Å². The summed E-state index contributed by atoms with van der Waals surface area (Å²) >= 11 is 0. The number of amides is 1. The van der Waals surface area contributed by atoms with Crippen LogP contribution in [0.15, 0.2) is 30.6 Å². The topological polar surface area (TPSA) is 67.0 Å². The van der Waals surface area contributed by atoms with Gasteiger partial charge in [0.25, 0.3) is 0 Å². The van der Waals surface area contributed by atoms with Crippen LogP contribution in [-0.4, -0.2) is 27.7 Å². The number of H-pyrrole nitrogens is 1.